The third kappa shape index (κ3) is 3.77. The average Bonchev–Trinajstić information content (AvgIpc) is 2.99. The number of hydrogen-bond acceptors (Lipinski definition) is 3. The lowest BCUT2D eigenvalue weighted by atomic mass is 10.1. The Kier molecular flexibility index (Phi) is 4.95. The van der Waals surface area contributed by atoms with Gasteiger partial charge >= 0.3 is 0 Å². The van der Waals surface area contributed by atoms with Crippen molar-refractivity contribution in [3.05, 3.63) is 53.1 Å². The molecule has 0 aromatic heterocycles. The van der Waals surface area contributed by atoms with Crippen molar-refractivity contribution in [3.8, 4) is 5.75 Å². The molecule has 1 N–H and O–H groups in total. The van der Waals surface area contributed by atoms with E-state index < -0.39 is 5.92 Å². The number of carbonyl (C=O) groups is 2. The Morgan fingerprint density at radius 3 is 2.80 bits per heavy atom. The minimum absolute atomic E-state index is 0.0802. The first-order chi connectivity index (χ1) is 12.0. The van der Waals surface area contributed by atoms with Gasteiger partial charge in [-0.2, -0.15) is 0 Å². The number of methoxy groups -OCH3 is 1. The number of ether oxygens (including phenoxy) is 1. The van der Waals surface area contributed by atoms with E-state index in [-0.39, 0.29) is 18.2 Å². The van der Waals surface area contributed by atoms with Crippen LogP contribution in [0.3, 0.4) is 0 Å². The van der Waals surface area contributed by atoms with Crippen LogP contribution in [0, 0.1) is 12.8 Å². The van der Waals surface area contributed by atoms with Crippen LogP contribution in [0.15, 0.2) is 42.5 Å². The first kappa shape index (κ1) is 17.3. The Morgan fingerprint density at radius 1 is 1.28 bits per heavy atom. The lowest BCUT2D eigenvalue weighted by Crippen LogP contribution is -2.28. The summed E-state index contributed by atoms with van der Waals surface area (Å²) in [5, 5.41) is 3.31. The van der Waals surface area contributed by atoms with Gasteiger partial charge in [0.05, 0.1) is 23.7 Å². The zero-order valence-electron chi connectivity index (χ0n) is 14.1. The van der Waals surface area contributed by atoms with E-state index in [1.807, 2.05) is 31.2 Å². The third-order valence-corrected chi connectivity index (χ3v) is 4.56. The molecule has 0 radical (unpaired) electrons. The van der Waals surface area contributed by atoms with E-state index in [4.69, 9.17) is 16.3 Å². The van der Waals surface area contributed by atoms with Crippen LogP contribution < -0.4 is 15.0 Å². The Bertz CT molecular complexity index is 822. The molecule has 1 atom stereocenters. The van der Waals surface area contributed by atoms with E-state index >= 15 is 0 Å². The topological polar surface area (TPSA) is 58.6 Å². The Morgan fingerprint density at radius 2 is 2.08 bits per heavy atom. The molecule has 130 valence electrons. The summed E-state index contributed by atoms with van der Waals surface area (Å²) in [6, 6.07) is 12.7. The highest BCUT2D eigenvalue weighted by Crippen LogP contribution is 2.29. The lowest BCUT2D eigenvalue weighted by Gasteiger charge is -2.17. The minimum Gasteiger partial charge on any atom is -0.497 e. The predicted molar refractivity (Wildman–Crippen MR) is 98.3 cm³/mol. The second-order valence-corrected chi connectivity index (χ2v) is 6.49. The highest BCUT2D eigenvalue weighted by molar-refractivity contribution is 6.33. The maximum atomic E-state index is 12.5. The van der Waals surface area contributed by atoms with Gasteiger partial charge in [-0.25, -0.2) is 0 Å². The summed E-state index contributed by atoms with van der Waals surface area (Å²) in [6.45, 7) is 2.26. The molecule has 1 fully saturated rings. The highest BCUT2D eigenvalue weighted by atomic mass is 35.5. The molecule has 1 aliphatic rings. The number of benzene rings is 2. The number of hydrogen-bond donors (Lipinski definition) is 1. The first-order valence-electron chi connectivity index (χ1n) is 7.99. The normalized spacial score (nSPS) is 16.8. The number of anilines is 2. The quantitative estimate of drug-likeness (QED) is 0.907. The van der Waals surface area contributed by atoms with Gasteiger partial charge in [-0.3, -0.25) is 9.59 Å². The zero-order valence-corrected chi connectivity index (χ0v) is 14.8. The maximum Gasteiger partial charge on any atom is 0.229 e. The van der Waals surface area contributed by atoms with Crippen LogP contribution in [0.2, 0.25) is 5.02 Å². The number of nitrogens with zero attached hydrogens (tertiary/aromatic N) is 1. The molecule has 1 heterocycles. The smallest absolute Gasteiger partial charge is 0.229 e. The zero-order chi connectivity index (χ0) is 18.0. The van der Waals surface area contributed by atoms with Gasteiger partial charge < -0.3 is 15.0 Å². The van der Waals surface area contributed by atoms with Crippen molar-refractivity contribution in [2.45, 2.75) is 13.3 Å². The SMILES string of the molecule is COc1cccc(N2C[C@H](C(=O)Nc3ccc(C)cc3Cl)CC2=O)c1. The molecule has 2 aromatic carbocycles. The van der Waals surface area contributed by atoms with Crippen LogP contribution in [-0.2, 0) is 9.59 Å². The van der Waals surface area contributed by atoms with Gasteiger partial charge in [-0.1, -0.05) is 23.7 Å². The first-order valence-corrected chi connectivity index (χ1v) is 8.37. The van der Waals surface area contributed by atoms with E-state index in [1.54, 1.807) is 30.2 Å². The minimum atomic E-state index is -0.420. The lowest BCUT2D eigenvalue weighted by molar-refractivity contribution is -0.122. The number of rotatable bonds is 4. The average molecular weight is 359 g/mol. The van der Waals surface area contributed by atoms with Crippen molar-refractivity contribution in [2.24, 2.45) is 5.92 Å². The van der Waals surface area contributed by atoms with Gasteiger partial charge in [0.1, 0.15) is 5.75 Å². The van der Waals surface area contributed by atoms with Crippen LogP contribution in [0.25, 0.3) is 0 Å². The van der Waals surface area contributed by atoms with Crippen molar-refractivity contribution in [2.75, 3.05) is 23.9 Å². The van der Waals surface area contributed by atoms with E-state index in [9.17, 15) is 9.59 Å². The van der Waals surface area contributed by atoms with Crippen molar-refractivity contribution in [1.29, 1.82) is 0 Å². The van der Waals surface area contributed by atoms with E-state index in [0.29, 0.717) is 23.0 Å². The fourth-order valence-electron chi connectivity index (χ4n) is 2.87. The Balaban J connectivity index is 1.72. The Labute approximate surface area is 151 Å². The molecule has 5 nitrogen and oxygen atoms in total. The second-order valence-electron chi connectivity index (χ2n) is 6.08. The molecule has 1 aliphatic heterocycles. The molecule has 1 saturated heterocycles. The molecule has 0 bridgehead atoms. The predicted octanol–water partition coefficient (Wildman–Crippen LogP) is 3.65. The molecule has 2 amide bonds. The summed E-state index contributed by atoms with van der Waals surface area (Å²) >= 11 is 6.16. The van der Waals surface area contributed by atoms with Crippen molar-refractivity contribution < 1.29 is 14.3 Å². The fraction of sp³-hybridized carbons (Fsp3) is 0.263. The molecular formula is C19H19ClN2O3. The molecule has 0 spiro atoms. The van der Waals surface area contributed by atoms with Crippen LogP contribution in [0.1, 0.15) is 12.0 Å². The van der Waals surface area contributed by atoms with Gasteiger partial charge in [0.25, 0.3) is 0 Å². The highest BCUT2D eigenvalue weighted by Gasteiger charge is 2.35. The number of amides is 2. The van der Waals surface area contributed by atoms with Crippen molar-refractivity contribution in [3.63, 3.8) is 0 Å². The maximum absolute atomic E-state index is 12.5. The molecular weight excluding hydrogens is 340 g/mol. The number of nitrogens with one attached hydrogen (secondary N) is 1. The molecule has 3 rings (SSSR count). The van der Waals surface area contributed by atoms with Gasteiger partial charge in [0.15, 0.2) is 0 Å². The van der Waals surface area contributed by atoms with Gasteiger partial charge in [-0.05, 0) is 36.8 Å². The molecule has 0 saturated carbocycles. The van der Waals surface area contributed by atoms with Crippen LogP contribution in [-0.4, -0.2) is 25.5 Å². The van der Waals surface area contributed by atoms with E-state index in [0.717, 1.165) is 11.3 Å². The molecule has 25 heavy (non-hydrogen) atoms. The van der Waals surface area contributed by atoms with Gasteiger partial charge in [0.2, 0.25) is 11.8 Å². The Hall–Kier alpha value is -2.53. The summed E-state index contributed by atoms with van der Waals surface area (Å²) in [5.41, 5.74) is 2.31. The number of halogens is 1. The molecule has 0 aliphatic carbocycles. The molecule has 6 heteroatoms. The monoisotopic (exact) mass is 358 g/mol. The standard InChI is InChI=1S/C19H19ClN2O3/c1-12-6-7-17(16(20)8-12)21-19(24)13-9-18(23)22(11-13)14-4-3-5-15(10-14)25-2/h3-8,10,13H,9,11H2,1-2H3,(H,21,24)/t13-/m1/s1. The second kappa shape index (κ2) is 7.15. The number of aryl methyl sites for hydroxylation is 1. The van der Waals surface area contributed by atoms with Crippen LogP contribution in [0.4, 0.5) is 11.4 Å². The summed E-state index contributed by atoms with van der Waals surface area (Å²) in [6.07, 6.45) is 0.173. The summed E-state index contributed by atoms with van der Waals surface area (Å²) in [5.74, 6) is -0.0337. The van der Waals surface area contributed by atoms with E-state index in [1.165, 1.54) is 0 Å². The van der Waals surface area contributed by atoms with Crippen molar-refractivity contribution in [1.82, 2.24) is 0 Å². The summed E-state index contributed by atoms with van der Waals surface area (Å²) in [4.78, 5) is 26.5. The summed E-state index contributed by atoms with van der Waals surface area (Å²) < 4.78 is 5.19. The molecule has 2 aromatic rings. The third-order valence-electron chi connectivity index (χ3n) is 4.24. The number of carbonyl (C=O) groups excluding carboxylic acids is 2. The van der Waals surface area contributed by atoms with Gasteiger partial charge in [0, 0.05) is 24.7 Å². The van der Waals surface area contributed by atoms with Crippen molar-refractivity contribution >= 4 is 34.8 Å². The largest absolute Gasteiger partial charge is 0.497 e. The van der Waals surface area contributed by atoms with E-state index in [2.05, 4.69) is 5.32 Å². The fourth-order valence-corrected chi connectivity index (χ4v) is 3.15. The summed E-state index contributed by atoms with van der Waals surface area (Å²) in [7, 11) is 1.58. The molecule has 0 unspecified atom stereocenters. The van der Waals surface area contributed by atoms with Crippen LogP contribution >= 0.6 is 11.6 Å². The van der Waals surface area contributed by atoms with Gasteiger partial charge in [-0.15, -0.1) is 0 Å². The van der Waals surface area contributed by atoms with Crippen LogP contribution in [0.5, 0.6) is 5.75 Å².